The van der Waals surface area contributed by atoms with Crippen molar-refractivity contribution in [3.8, 4) is 0 Å². The minimum atomic E-state index is 0.394. The van der Waals surface area contributed by atoms with Crippen molar-refractivity contribution in [2.45, 2.75) is 39.7 Å². The first kappa shape index (κ1) is 13.6. The number of nitrogens with zero attached hydrogens (tertiary/aromatic N) is 3. The van der Waals surface area contributed by atoms with Crippen LogP contribution in [0.25, 0.3) is 5.57 Å². The molecule has 104 valence electrons. The van der Waals surface area contributed by atoms with E-state index in [2.05, 4.69) is 47.4 Å². The molecule has 1 unspecified atom stereocenters. The van der Waals surface area contributed by atoms with Gasteiger partial charge in [-0.1, -0.05) is 13.8 Å². The Morgan fingerprint density at radius 3 is 2.74 bits per heavy atom. The van der Waals surface area contributed by atoms with Gasteiger partial charge in [0.2, 0.25) is 0 Å². The highest BCUT2D eigenvalue weighted by Crippen LogP contribution is 2.28. The first-order valence-corrected chi connectivity index (χ1v) is 6.74. The second-order valence-electron chi connectivity index (χ2n) is 5.16. The predicted molar refractivity (Wildman–Crippen MR) is 76.3 cm³/mol. The topological polar surface area (TPSA) is 53.7 Å². The predicted octanol–water partition coefficient (Wildman–Crippen LogP) is 2.69. The fourth-order valence-corrected chi connectivity index (χ4v) is 2.16. The zero-order chi connectivity index (χ0) is 13.8. The van der Waals surface area contributed by atoms with Crippen LogP contribution in [0.1, 0.15) is 39.4 Å². The Bertz CT molecular complexity index is 462. The van der Waals surface area contributed by atoms with Gasteiger partial charge in [0.15, 0.2) is 12.2 Å². The molecule has 5 nitrogen and oxygen atoms in total. The maximum absolute atomic E-state index is 5.40. The van der Waals surface area contributed by atoms with Crippen molar-refractivity contribution in [3.63, 3.8) is 0 Å². The number of hydrogen-bond donors (Lipinski definition) is 1. The van der Waals surface area contributed by atoms with Gasteiger partial charge >= 0.3 is 0 Å². The molecule has 0 spiro atoms. The third kappa shape index (κ3) is 2.97. The second kappa shape index (κ2) is 5.91. The van der Waals surface area contributed by atoms with E-state index in [9.17, 15) is 0 Å². The highest BCUT2D eigenvalue weighted by atomic mass is 16.3. The van der Waals surface area contributed by atoms with E-state index in [0.717, 1.165) is 24.4 Å². The van der Waals surface area contributed by atoms with Crippen molar-refractivity contribution >= 4 is 11.4 Å². The van der Waals surface area contributed by atoms with Gasteiger partial charge in [0, 0.05) is 31.3 Å². The summed E-state index contributed by atoms with van der Waals surface area (Å²) in [4.78, 5) is 6.23. The number of oxazole rings is 1. The molecule has 5 heteroatoms. The standard InChI is InChI=1S/C14H22N4O/c1-10(2)11(3)18-8-12(13-7-16-9-19-13)5-6-14(18)17-15-4/h7-11,15H,5-6H2,1-4H3/b17-14-. The lowest BCUT2D eigenvalue weighted by Crippen LogP contribution is -2.40. The van der Waals surface area contributed by atoms with Gasteiger partial charge in [-0.2, -0.15) is 5.10 Å². The molecule has 0 amide bonds. The molecule has 0 aliphatic carbocycles. The fraction of sp³-hybridized carbons (Fsp3) is 0.571. The number of amidine groups is 1. The van der Waals surface area contributed by atoms with Gasteiger partial charge in [0.1, 0.15) is 5.84 Å². The number of rotatable bonds is 4. The van der Waals surface area contributed by atoms with Crippen LogP contribution >= 0.6 is 0 Å². The van der Waals surface area contributed by atoms with Crippen LogP contribution in [-0.2, 0) is 0 Å². The molecule has 1 atom stereocenters. The SMILES string of the molecule is CN/N=C1/CCC(c2cnco2)=CN1C(C)C(C)C. The third-order valence-electron chi connectivity index (χ3n) is 3.60. The molecule has 0 radical (unpaired) electrons. The third-order valence-corrected chi connectivity index (χ3v) is 3.60. The molecule has 0 saturated heterocycles. The van der Waals surface area contributed by atoms with E-state index in [1.807, 2.05) is 7.05 Å². The van der Waals surface area contributed by atoms with E-state index in [1.165, 1.54) is 12.0 Å². The summed E-state index contributed by atoms with van der Waals surface area (Å²) >= 11 is 0. The molecule has 0 bridgehead atoms. The minimum Gasteiger partial charge on any atom is -0.444 e. The van der Waals surface area contributed by atoms with Crippen LogP contribution in [0.3, 0.4) is 0 Å². The number of hydrazone groups is 1. The van der Waals surface area contributed by atoms with Gasteiger partial charge in [-0.05, 0) is 19.3 Å². The van der Waals surface area contributed by atoms with Crippen LogP contribution in [0, 0.1) is 5.92 Å². The van der Waals surface area contributed by atoms with Crippen LogP contribution in [0.2, 0.25) is 0 Å². The van der Waals surface area contributed by atoms with Crippen LogP contribution < -0.4 is 5.43 Å². The van der Waals surface area contributed by atoms with Crippen LogP contribution in [0.15, 0.2) is 28.3 Å². The Morgan fingerprint density at radius 2 is 2.16 bits per heavy atom. The van der Waals surface area contributed by atoms with Crippen molar-refractivity contribution in [1.29, 1.82) is 0 Å². The number of allylic oxidation sites excluding steroid dienone is 1. The smallest absolute Gasteiger partial charge is 0.181 e. The van der Waals surface area contributed by atoms with E-state index in [4.69, 9.17) is 4.42 Å². The van der Waals surface area contributed by atoms with E-state index < -0.39 is 0 Å². The van der Waals surface area contributed by atoms with Crippen LogP contribution in [0.5, 0.6) is 0 Å². The summed E-state index contributed by atoms with van der Waals surface area (Å²) < 4.78 is 5.40. The van der Waals surface area contributed by atoms with Gasteiger partial charge in [0.25, 0.3) is 0 Å². The highest BCUT2D eigenvalue weighted by molar-refractivity contribution is 5.88. The lowest BCUT2D eigenvalue weighted by molar-refractivity contribution is 0.325. The quantitative estimate of drug-likeness (QED) is 0.848. The van der Waals surface area contributed by atoms with Gasteiger partial charge in [-0.25, -0.2) is 4.98 Å². The molecule has 0 saturated carbocycles. The normalized spacial score (nSPS) is 19.7. The number of aromatic nitrogens is 1. The summed E-state index contributed by atoms with van der Waals surface area (Å²) in [7, 11) is 1.83. The largest absolute Gasteiger partial charge is 0.444 e. The van der Waals surface area contributed by atoms with Crippen molar-refractivity contribution in [2.75, 3.05) is 7.05 Å². The molecular weight excluding hydrogens is 240 g/mol. The number of hydrogen-bond acceptors (Lipinski definition) is 4. The zero-order valence-electron chi connectivity index (χ0n) is 12.1. The van der Waals surface area contributed by atoms with Crippen molar-refractivity contribution in [2.24, 2.45) is 11.0 Å². The Labute approximate surface area is 114 Å². The van der Waals surface area contributed by atoms with Gasteiger partial charge < -0.3 is 14.7 Å². The molecule has 1 aromatic rings. The average Bonchev–Trinajstić information content (AvgIpc) is 2.92. The Hall–Kier alpha value is -1.78. The molecule has 2 rings (SSSR count). The van der Waals surface area contributed by atoms with E-state index >= 15 is 0 Å². The number of nitrogens with one attached hydrogen (secondary N) is 1. The van der Waals surface area contributed by atoms with Crippen LogP contribution in [-0.4, -0.2) is 28.8 Å². The average molecular weight is 262 g/mol. The lowest BCUT2D eigenvalue weighted by atomic mass is 9.99. The summed E-state index contributed by atoms with van der Waals surface area (Å²) in [6.07, 6.45) is 7.22. The monoisotopic (exact) mass is 262 g/mol. The molecule has 0 aromatic carbocycles. The first-order chi connectivity index (χ1) is 9.13. The molecule has 1 N–H and O–H groups in total. The van der Waals surface area contributed by atoms with Crippen molar-refractivity contribution in [1.82, 2.24) is 15.3 Å². The molecule has 1 aliphatic heterocycles. The zero-order valence-corrected chi connectivity index (χ0v) is 12.1. The summed E-state index contributed by atoms with van der Waals surface area (Å²) in [6.45, 7) is 6.66. The molecule has 2 heterocycles. The molecule has 19 heavy (non-hydrogen) atoms. The fourth-order valence-electron chi connectivity index (χ4n) is 2.16. The molecule has 0 fully saturated rings. The Balaban J connectivity index is 2.30. The van der Waals surface area contributed by atoms with Gasteiger partial charge in [0.05, 0.1) is 6.20 Å². The van der Waals surface area contributed by atoms with E-state index in [1.54, 1.807) is 6.20 Å². The Morgan fingerprint density at radius 1 is 1.37 bits per heavy atom. The molecular formula is C14H22N4O. The highest BCUT2D eigenvalue weighted by Gasteiger charge is 2.25. The Kier molecular flexibility index (Phi) is 4.24. The summed E-state index contributed by atoms with van der Waals surface area (Å²) in [6, 6.07) is 0.394. The second-order valence-corrected chi connectivity index (χ2v) is 5.16. The maximum atomic E-state index is 5.40. The summed E-state index contributed by atoms with van der Waals surface area (Å²) in [5.74, 6) is 2.48. The molecule has 1 aliphatic rings. The van der Waals surface area contributed by atoms with Gasteiger partial charge in [-0.3, -0.25) is 0 Å². The first-order valence-electron chi connectivity index (χ1n) is 6.74. The van der Waals surface area contributed by atoms with Crippen molar-refractivity contribution in [3.05, 3.63) is 24.6 Å². The van der Waals surface area contributed by atoms with Crippen molar-refractivity contribution < 1.29 is 4.42 Å². The maximum Gasteiger partial charge on any atom is 0.181 e. The lowest BCUT2D eigenvalue weighted by Gasteiger charge is -2.35. The minimum absolute atomic E-state index is 0.394. The summed E-state index contributed by atoms with van der Waals surface area (Å²) in [5, 5.41) is 4.39. The van der Waals surface area contributed by atoms with E-state index in [-0.39, 0.29) is 0 Å². The molecule has 1 aromatic heterocycles. The van der Waals surface area contributed by atoms with Gasteiger partial charge in [-0.15, -0.1) is 0 Å². The van der Waals surface area contributed by atoms with Crippen LogP contribution in [0.4, 0.5) is 0 Å². The summed E-state index contributed by atoms with van der Waals surface area (Å²) in [5.41, 5.74) is 4.07. The van der Waals surface area contributed by atoms with E-state index in [0.29, 0.717) is 12.0 Å².